The van der Waals surface area contributed by atoms with Crippen LogP contribution in [0.1, 0.15) is 39.0 Å². The lowest BCUT2D eigenvalue weighted by atomic mass is 9.90. The molecule has 1 aliphatic carbocycles. The lowest BCUT2D eigenvalue weighted by Crippen LogP contribution is -2.37. The van der Waals surface area contributed by atoms with E-state index in [1.54, 1.807) is 11.8 Å². The van der Waals surface area contributed by atoms with Gasteiger partial charge in [-0.25, -0.2) is 4.79 Å². The number of likely N-dealkylation sites (tertiary alicyclic amines) is 1. The maximum absolute atomic E-state index is 12.3. The van der Waals surface area contributed by atoms with Crippen LogP contribution in [-0.2, 0) is 4.79 Å². The lowest BCUT2D eigenvalue weighted by Gasteiger charge is -2.20. The Balaban J connectivity index is 1.54. The molecule has 1 aromatic carbocycles. The summed E-state index contributed by atoms with van der Waals surface area (Å²) in [6.07, 6.45) is 5.74. The van der Waals surface area contributed by atoms with E-state index in [9.17, 15) is 14.7 Å². The average Bonchev–Trinajstić information content (AvgIpc) is 3.20. The Hall–Kier alpha value is -1.69. The molecule has 0 bridgehead atoms. The number of anilines is 1. The normalized spacial score (nSPS) is 24.3. The molecule has 0 spiro atoms. The largest absolute Gasteiger partial charge is 0.481 e. The maximum atomic E-state index is 12.3. The Morgan fingerprint density at radius 3 is 2.50 bits per heavy atom. The van der Waals surface area contributed by atoms with Gasteiger partial charge in [-0.2, -0.15) is 0 Å². The third-order valence-electron chi connectivity index (χ3n) is 4.99. The smallest absolute Gasteiger partial charge is 0.321 e. The Labute approximate surface area is 146 Å². The molecule has 6 heteroatoms. The molecule has 3 rings (SSSR count). The van der Waals surface area contributed by atoms with Crippen molar-refractivity contribution in [2.45, 2.75) is 49.2 Å². The van der Waals surface area contributed by atoms with Crippen LogP contribution in [-0.4, -0.2) is 40.3 Å². The zero-order chi connectivity index (χ0) is 17.2. The fourth-order valence-corrected chi connectivity index (χ4v) is 4.57. The summed E-state index contributed by atoms with van der Waals surface area (Å²) in [6.45, 7) is 2.42. The van der Waals surface area contributed by atoms with E-state index in [2.05, 4.69) is 5.32 Å². The molecule has 2 amide bonds. The van der Waals surface area contributed by atoms with Gasteiger partial charge in [0.25, 0.3) is 0 Å². The second-order valence-corrected chi connectivity index (χ2v) is 8.39. The summed E-state index contributed by atoms with van der Waals surface area (Å²) >= 11 is 1.92. The van der Waals surface area contributed by atoms with Gasteiger partial charge in [0.15, 0.2) is 0 Å². The number of urea groups is 1. The van der Waals surface area contributed by atoms with Crippen molar-refractivity contribution in [3.63, 3.8) is 0 Å². The molecule has 1 atom stereocenters. The molecule has 2 aliphatic rings. The van der Waals surface area contributed by atoms with Gasteiger partial charge in [-0.15, -0.1) is 11.8 Å². The predicted octanol–water partition coefficient (Wildman–Crippen LogP) is 4.05. The molecule has 1 unspecified atom stereocenters. The van der Waals surface area contributed by atoms with Gasteiger partial charge in [0, 0.05) is 28.9 Å². The van der Waals surface area contributed by atoms with Crippen LogP contribution in [0.2, 0.25) is 0 Å². The van der Waals surface area contributed by atoms with E-state index in [-0.39, 0.29) is 12.6 Å². The van der Waals surface area contributed by atoms with E-state index in [0.29, 0.717) is 13.0 Å². The van der Waals surface area contributed by atoms with Crippen molar-refractivity contribution in [1.29, 1.82) is 0 Å². The number of aliphatic carboxylic acids is 1. The van der Waals surface area contributed by atoms with Crippen molar-refractivity contribution in [3.8, 4) is 0 Å². The first-order chi connectivity index (χ1) is 11.5. The maximum Gasteiger partial charge on any atom is 0.321 e. The molecule has 0 aromatic heterocycles. The summed E-state index contributed by atoms with van der Waals surface area (Å²) in [5.41, 5.74) is -0.0845. The first kappa shape index (κ1) is 17.1. The topological polar surface area (TPSA) is 69.6 Å². The van der Waals surface area contributed by atoms with E-state index in [4.69, 9.17) is 0 Å². The summed E-state index contributed by atoms with van der Waals surface area (Å²) < 4.78 is 0. The first-order valence-electron chi connectivity index (χ1n) is 8.52. The molecule has 1 saturated carbocycles. The quantitative estimate of drug-likeness (QED) is 0.861. The molecule has 1 heterocycles. The molecular weight excluding hydrogens is 324 g/mol. The van der Waals surface area contributed by atoms with Crippen LogP contribution in [0, 0.1) is 5.41 Å². The number of nitrogens with one attached hydrogen (secondary N) is 1. The van der Waals surface area contributed by atoms with E-state index in [1.807, 2.05) is 36.0 Å². The third kappa shape index (κ3) is 3.86. The summed E-state index contributed by atoms with van der Waals surface area (Å²) in [4.78, 5) is 26.4. The second-order valence-electron chi connectivity index (χ2n) is 7.02. The molecule has 1 aliphatic heterocycles. The molecule has 5 nitrogen and oxygen atoms in total. The zero-order valence-corrected chi connectivity index (χ0v) is 14.8. The number of hydrogen-bond acceptors (Lipinski definition) is 3. The summed E-state index contributed by atoms with van der Waals surface area (Å²) in [6, 6.07) is 7.70. The van der Waals surface area contributed by atoms with Crippen LogP contribution >= 0.6 is 11.8 Å². The van der Waals surface area contributed by atoms with Crippen molar-refractivity contribution in [1.82, 2.24) is 4.90 Å². The number of carbonyl (C=O) groups is 2. The Morgan fingerprint density at radius 2 is 1.92 bits per heavy atom. The van der Waals surface area contributed by atoms with Gasteiger partial charge in [0.2, 0.25) is 0 Å². The highest BCUT2D eigenvalue weighted by atomic mass is 32.2. The van der Waals surface area contributed by atoms with Crippen LogP contribution < -0.4 is 5.32 Å². The molecule has 2 N–H and O–H groups in total. The van der Waals surface area contributed by atoms with Gasteiger partial charge in [-0.05, 0) is 50.5 Å². The number of carboxylic acids is 1. The molecule has 1 aromatic rings. The minimum absolute atomic E-state index is 0.226. The molecule has 2 fully saturated rings. The van der Waals surface area contributed by atoms with Crippen LogP contribution in [0.5, 0.6) is 0 Å². The highest BCUT2D eigenvalue weighted by Crippen LogP contribution is 2.35. The lowest BCUT2D eigenvalue weighted by molar-refractivity contribution is -0.146. The van der Waals surface area contributed by atoms with Gasteiger partial charge in [-0.3, -0.25) is 4.79 Å². The summed E-state index contributed by atoms with van der Waals surface area (Å²) in [7, 11) is 0. The highest BCUT2D eigenvalue weighted by Gasteiger charge is 2.42. The fourth-order valence-electron chi connectivity index (χ4n) is 3.33. The number of hydrogen-bond donors (Lipinski definition) is 2. The SMILES string of the molecule is CC1(C(=O)O)CCN(C(=O)Nc2ccc(SC3CCCC3)cc2)C1. The zero-order valence-electron chi connectivity index (χ0n) is 14.0. The van der Waals surface area contributed by atoms with Gasteiger partial charge in [-0.1, -0.05) is 12.8 Å². The Morgan fingerprint density at radius 1 is 1.25 bits per heavy atom. The summed E-state index contributed by atoms with van der Waals surface area (Å²) in [5, 5.41) is 12.8. The minimum atomic E-state index is -0.842. The average molecular weight is 348 g/mol. The van der Waals surface area contributed by atoms with E-state index >= 15 is 0 Å². The van der Waals surface area contributed by atoms with Gasteiger partial charge in [0.05, 0.1) is 5.41 Å². The van der Waals surface area contributed by atoms with E-state index in [0.717, 1.165) is 10.9 Å². The number of nitrogens with zero attached hydrogens (tertiary/aromatic N) is 1. The van der Waals surface area contributed by atoms with Crippen molar-refractivity contribution in [2.75, 3.05) is 18.4 Å². The van der Waals surface area contributed by atoms with Crippen molar-refractivity contribution in [2.24, 2.45) is 5.41 Å². The van der Waals surface area contributed by atoms with Gasteiger partial charge in [0.1, 0.15) is 0 Å². The summed E-state index contributed by atoms with van der Waals surface area (Å²) in [5.74, 6) is -0.842. The molecule has 1 saturated heterocycles. The van der Waals surface area contributed by atoms with Crippen LogP contribution in [0.3, 0.4) is 0 Å². The predicted molar refractivity (Wildman–Crippen MR) is 95.5 cm³/mol. The van der Waals surface area contributed by atoms with E-state index < -0.39 is 11.4 Å². The first-order valence-corrected chi connectivity index (χ1v) is 9.40. The minimum Gasteiger partial charge on any atom is -0.481 e. The Kier molecular flexibility index (Phi) is 5.04. The number of thioether (sulfide) groups is 1. The van der Waals surface area contributed by atoms with Gasteiger partial charge < -0.3 is 15.3 Å². The fraction of sp³-hybridized carbons (Fsp3) is 0.556. The third-order valence-corrected chi connectivity index (χ3v) is 6.34. The molecular formula is C18H24N2O3S. The van der Waals surface area contributed by atoms with Crippen molar-refractivity contribution >= 4 is 29.4 Å². The monoisotopic (exact) mass is 348 g/mol. The van der Waals surface area contributed by atoms with Crippen LogP contribution in [0.4, 0.5) is 10.5 Å². The standard InChI is InChI=1S/C18H24N2O3S/c1-18(16(21)22)10-11-20(12-18)17(23)19-13-6-8-15(9-7-13)24-14-4-2-3-5-14/h6-9,14H,2-5,10-12H2,1H3,(H,19,23)(H,21,22). The second kappa shape index (κ2) is 7.05. The van der Waals surface area contributed by atoms with E-state index in [1.165, 1.54) is 30.6 Å². The number of amides is 2. The number of benzene rings is 1. The molecule has 24 heavy (non-hydrogen) atoms. The van der Waals surface area contributed by atoms with Crippen molar-refractivity contribution < 1.29 is 14.7 Å². The van der Waals surface area contributed by atoms with Crippen LogP contribution in [0.25, 0.3) is 0 Å². The number of rotatable bonds is 4. The van der Waals surface area contributed by atoms with Gasteiger partial charge >= 0.3 is 12.0 Å². The number of carbonyl (C=O) groups excluding carboxylic acids is 1. The molecule has 130 valence electrons. The molecule has 0 radical (unpaired) electrons. The van der Waals surface area contributed by atoms with Crippen LogP contribution in [0.15, 0.2) is 29.2 Å². The van der Waals surface area contributed by atoms with Crippen molar-refractivity contribution in [3.05, 3.63) is 24.3 Å². The Bertz CT molecular complexity index is 613. The number of carboxylic acid groups (broad SMARTS) is 1. The highest BCUT2D eigenvalue weighted by molar-refractivity contribution is 8.00.